The second-order valence-electron chi connectivity index (χ2n) is 7.93. The van der Waals surface area contributed by atoms with E-state index < -0.39 is 0 Å². The van der Waals surface area contributed by atoms with Crippen LogP contribution in [-0.4, -0.2) is 25.8 Å². The van der Waals surface area contributed by atoms with Gasteiger partial charge in [0.2, 0.25) is 0 Å². The standard InChI is InChI=1S/C17H33NO/c1-16(2,3)15-7-10-17(11-8-15,13-18-4)19-12-9-14-5-6-14/h14-15,18H,5-13H2,1-4H3. The predicted octanol–water partition coefficient (Wildman–Crippen LogP) is 4.00. The van der Waals surface area contributed by atoms with Crippen molar-refractivity contribution in [2.24, 2.45) is 17.3 Å². The van der Waals surface area contributed by atoms with Crippen LogP contribution in [0.5, 0.6) is 0 Å². The van der Waals surface area contributed by atoms with Crippen molar-refractivity contribution in [3.8, 4) is 0 Å². The molecule has 0 atom stereocenters. The average molecular weight is 267 g/mol. The maximum atomic E-state index is 6.36. The molecule has 0 unspecified atom stereocenters. The van der Waals surface area contributed by atoms with Gasteiger partial charge in [-0.3, -0.25) is 0 Å². The normalized spacial score (nSPS) is 32.5. The van der Waals surface area contributed by atoms with Gasteiger partial charge in [-0.25, -0.2) is 0 Å². The highest BCUT2D eigenvalue weighted by Gasteiger charge is 2.39. The maximum Gasteiger partial charge on any atom is 0.0806 e. The molecule has 2 heteroatoms. The molecule has 0 aromatic rings. The number of nitrogens with one attached hydrogen (secondary N) is 1. The van der Waals surface area contributed by atoms with E-state index in [4.69, 9.17) is 4.74 Å². The summed E-state index contributed by atoms with van der Waals surface area (Å²) in [5.41, 5.74) is 0.588. The first-order valence-electron chi connectivity index (χ1n) is 8.24. The van der Waals surface area contributed by atoms with Crippen LogP contribution in [-0.2, 0) is 4.74 Å². The number of hydrogen-bond acceptors (Lipinski definition) is 2. The van der Waals surface area contributed by atoms with E-state index in [1.807, 2.05) is 0 Å². The van der Waals surface area contributed by atoms with E-state index in [9.17, 15) is 0 Å². The average Bonchev–Trinajstić information content (AvgIpc) is 3.13. The van der Waals surface area contributed by atoms with Crippen LogP contribution in [0.25, 0.3) is 0 Å². The Morgan fingerprint density at radius 2 is 1.74 bits per heavy atom. The molecule has 2 rings (SSSR count). The van der Waals surface area contributed by atoms with E-state index >= 15 is 0 Å². The third-order valence-electron chi connectivity index (χ3n) is 5.25. The first kappa shape index (κ1) is 15.3. The minimum absolute atomic E-state index is 0.130. The molecule has 0 bridgehead atoms. The first-order valence-corrected chi connectivity index (χ1v) is 8.24. The summed E-state index contributed by atoms with van der Waals surface area (Å²) in [5.74, 6) is 1.85. The van der Waals surface area contributed by atoms with Crippen LogP contribution in [0, 0.1) is 17.3 Å². The fourth-order valence-electron chi connectivity index (χ4n) is 3.55. The van der Waals surface area contributed by atoms with Gasteiger partial charge in [0.05, 0.1) is 5.60 Å². The smallest absolute Gasteiger partial charge is 0.0806 e. The molecule has 0 spiro atoms. The summed E-state index contributed by atoms with van der Waals surface area (Å²) in [7, 11) is 2.06. The molecule has 0 saturated heterocycles. The van der Waals surface area contributed by atoms with Gasteiger partial charge < -0.3 is 10.1 Å². The Hall–Kier alpha value is -0.0800. The fraction of sp³-hybridized carbons (Fsp3) is 1.00. The molecule has 0 aliphatic heterocycles. The monoisotopic (exact) mass is 267 g/mol. The van der Waals surface area contributed by atoms with Crippen LogP contribution in [0.15, 0.2) is 0 Å². The molecule has 2 aliphatic rings. The summed E-state index contributed by atoms with van der Waals surface area (Å²) in [4.78, 5) is 0. The van der Waals surface area contributed by atoms with E-state index in [2.05, 4.69) is 33.1 Å². The van der Waals surface area contributed by atoms with Crippen molar-refractivity contribution in [3.63, 3.8) is 0 Å². The molecule has 2 fully saturated rings. The van der Waals surface area contributed by atoms with E-state index in [1.54, 1.807) is 0 Å². The zero-order valence-electron chi connectivity index (χ0n) is 13.4. The Balaban J connectivity index is 1.82. The number of rotatable bonds is 6. The molecule has 0 aromatic carbocycles. The Bertz CT molecular complexity index is 269. The van der Waals surface area contributed by atoms with Crippen LogP contribution in [0.3, 0.4) is 0 Å². The van der Waals surface area contributed by atoms with Crippen LogP contribution in [0.1, 0.15) is 65.7 Å². The number of ether oxygens (including phenoxy) is 1. The van der Waals surface area contributed by atoms with Crippen molar-refractivity contribution in [2.75, 3.05) is 20.2 Å². The van der Waals surface area contributed by atoms with Crippen molar-refractivity contribution in [1.82, 2.24) is 5.32 Å². The lowest BCUT2D eigenvalue weighted by Crippen LogP contribution is -2.46. The number of hydrogen-bond donors (Lipinski definition) is 1. The minimum Gasteiger partial charge on any atom is -0.374 e. The second kappa shape index (κ2) is 6.13. The molecule has 0 aromatic heterocycles. The molecule has 0 heterocycles. The molecular weight excluding hydrogens is 234 g/mol. The van der Waals surface area contributed by atoms with Crippen molar-refractivity contribution < 1.29 is 4.74 Å². The summed E-state index contributed by atoms with van der Waals surface area (Å²) in [6.07, 6.45) is 9.29. The van der Waals surface area contributed by atoms with Gasteiger partial charge in [0.25, 0.3) is 0 Å². The molecular formula is C17H33NO. The zero-order chi connectivity index (χ0) is 13.9. The fourth-order valence-corrected chi connectivity index (χ4v) is 3.55. The van der Waals surface area contributed by atoms with Crippen molar-refractivity contribution in [3.05, 3.63) is 0 Å². The quantitative estimate of drug-likeness (QED) is 0.785. The molecule has 2 aliphatic carbocycles. The molecule has 0 radical (unpaired) electrons. The predicted molar refractivity (Wildman–Crippen MR) is 81.4 cm³/mol. The van der Waals surface area contributed by atoms with Gasteiger partial charge in [0.1, 0.15) is 0 Å². The van der Waals surface area contributed by atoms with Crippen LogP contribution in [0.4, 0.5) is 0 Å². The van der Waals surface area contributed by atoms with E-state index in [0.29, 0.717) is 5.41 Å². The maximum absolute atomic E-state index is 6.36. The van der Waals surface area contributed by atoms with Crippen LogP contribution < -0.4 is 5.32 Å². The summed E-state index contributed by atoms with van der Waals surface area (Å²) >= 11 is 0. The lowest BCUT2D eigenvalue weighted by Gasteiger charge is -2.44. The Morgan fingerprint density at radius 1 is 1.11 bits per heavy atom. The molecule has 2 nitrogen and oxygen atoms in total. The highest BCUT2D eigenvalue weighted by atomic mass is 16.5. The van der Waals surface area contributed by atoms with Gasteiger partial charge in [-0.1, -0.05) is 33.6 Å². The highest BCUT2D eigenvalue weighted by Crippen LogP contribution is 2.43. The summed E-state index contributed by atoms with van der Waals surface area (Å²) in [5, 5.41) is 3.36. The first-order chi connectivity index (χ1) is 8.95. The van der Waals surface area contributed by atoms with E-state index in [-0.39, 0.29) is 5.60 Å². The number of likely N-dealkylation sites (N-methyl/N-ethyl adjacent to an activating group) is 1. The van der Waals surface area contributed by atoms with Gasteiger partial charge in [-0.05, 0) is 56.4 Å². The zero-order valence-corrected chi connectivity index (χ0v) is 13.4. The van der Waals surface area contributed by atoms with Crippen molar-refractivity contribution in [1.29, 1.82) is 0 Å². The van der Waals surface area contributed by atoms with E-state index in [0.717, 1.165) is 25.0 Å². The Kier molecular flexibility index (Phi) is 4.94. The van der Waals surface area contributed by atoms with Gasteiger partial charge in [0, 0.05) is 13.2 Å². The minimum atomic E-state index is 0.130. The largest absolute Gasteiger partial charge is 0.374 e. The second-order valence-corrected chi connectivity index (χ2v) is 7.93. The van der Waals surface area contributed by atoms with Gasteiger partial charge in [-0.2, -0.15) is 0 Å². The molecule has 1 N–H and O–H groups in total. The SMILES string of the molecule is CNCC1(OCCC2CC2)CCC(C(C)(C)C)CC1. The van der Waals surface area contributed by atoms with Gasteiger partial charge in [0.15, 0.2) is 0 Å². The molecule has 19 heavy (non-hydrogen) atoms. The van der Waals surface area contributed by atoms with E-state index in [1.165, 1.54) is 44.9 Å². The third kappa shape index (κ3) is 4.46. The highest BCUT2D eigenvalue weighted by molar-refractivity contribution is 4.92. The van der Waals surface area contributed by atoms with Gasteiger partial charge in [-0.15, -0.1) is 0 Å². The van der Waals surface area contributed by atoms with Crippen LogP contribution in [0.2, 0.25) is 0 Å². The molecule has 2 saturated carbocycles. The van der Waals surface area contributed by atoms with Crippen LogP contribution >= 0.6 is 0 Å². The van der Waals surface area contributed by atoms with Gasteiger partial charge >= 0.3 is 0 Å². The lowest BCUT2D eigenvalue weighted by atomic mass is 9.68. The summed E-state index contributed by atoms with van der Waals surface area (Å²) in [6, 6.07) is 0. The summed E-state index contributed by atoms with van der Waals surface area (Å²) in [6.45, 7) is 9.16. The Morgan fingerprint density at radius 3 is 2.21 bits per heavy atom. The Labute approximate surface area is 119 Å². The van der Waals surface area contributed by atoms with Crippen molar-refractivity contribution in [2.45, 2.75) is 71.3 Å². The molecule has 0 amide bonds. The topological polar surface area (TPSA) is 21.3 Å². The van der Waals surface area contributed by atoms with Crippen molar-refractivity contribution >= 4 is 0 Å². The third-order valence-corrected chi connectivity index (χ3v) is 5.25. The lowest BCUT2D eigenvalue weighted by molar-refractivity contribution is -0.0852. The summed E-state index contributed by atoms with van der Waals surface area (Å²) < 4.78 is 6.36. The molecule has 112 valence electrons.